The van der Waals surface area contributed by atoms with Gasteiger partial charge < -0.3 is 10.1 Å². The average molecular weight is 336 g/mol. The molecule has 128 valence electrons. The first-order valence-corrected chi connectivity index (χ1v) is 8.13. The summed E-state index contributed by atoms with van der Waals surface area (Å²) in [6, 6.07) is 15.3. The summed E-state index contributed by atoms with van der Waals surface area (Å²) in [6.45, 7) is 2.90. The number of hydrogen-bond acceptors (Lipinski definition) is 4. The van der Waals surface area contributed by atoms with Crippen LogP contribution in [0.25, 0.3) is 11.3 Å². The Morgan fingerprint density at radius 3 is 2.68 bits per heavy atom. The maximum atomic E-state index is 12.1. The van der Waals surface area contributed by atoms with Crippen molar-refractivity contribution in [2.45, 2.75) is 13.5 Å². The summed E-state index contributed by atoms with van der Waals surface area (Å²) >= 11 is 0. The Bertz CT molecular complexity index is 859. The molecule has 6 heteroatoms. The van der Waals surface area contributed by atoms with Crippen molar-refractivity contribution in [2.75, 3.05) is 6.54 Å². The molecular formula is C19H20N4O2. The van der Waals surface area contributed by atoms with E-state index in [-0.39, 0.29) is 5.91 Å². The molecule has 2 aromatic carbocycles. The quantitative estimate of drug-likeness (QED) is 0.751. The molecule has 3 aromatic rings. The number of hydrogen-bond donors (Lipinski definition) is 1. The van der Waals surface area contributed by atoms with E-state index in [0.717, 1.165) is 11.1 Å². The fourth-order valence-electron chi connectivity index (χ4n) is 2.47. The second-order valence-corrected chi connectivity index (χ2v) is 5.62. The number of carbonyl (C=O) groups is 1. The number of rotatable bonds is 6. The Hall–Kier alpha value is -3.15. The summed E-state index contributed by atoms with van der Waals surface area (Å²) in [4.78, 5) is 12.1. The molecule has 6 nitrogen and oxygen atoms in total. The predicted molar refractivity (Wildman–Crippen MR) is 95.2 cm³/mol. The Labute approximate surface area is 146 Å². The van der Waals surface area contributed by atoms with E-state index >= 15 is 0 Å². The lowest BCUT2D eigenvalue weighted by molar-refractivity contribution is 0.0956. The minimum atomic E-state index is -0.123. The van der Waals surface area contributed by atoms with Gasteiger partial charge in [0, 0.05) is 24.7 Å². The Balaban J connectivity index is 1.91. The Morgan fingerprint density at radius 2 is 2.00 bits per heavy atom. The van der Waals surface area contributed by atoms with E-state index in [0.29, 0.717) is 30.2 Å². The van der Waals surface area contributed by atoms with Gasteiger partial charge >= 0.3 is 0 Å². The third kappa shape index (κ3) is 4.03. The minimum absolute atomic E-state index is 0.123. The fourth-order valence-corrected chi connectivity index (χ4v) is 2.47. The topological polar surface area (TPSA) is 69.0 Å². The number of carbonyl (C=O) groups excluding carboxylic acids is 1. The number of benzene rings is 2. The normalized spacial score (nSPS) is 10.5. The van der Waals surface area contributed by atoms with Gasteiger partial charge in [-0.3, -0.25) is 9.48 Å². The molecule has 0 saturated heterocycles. The molecule has 0 fully saturated rings. The van der Waals surface area contributed by atoms with Crippen LogP contribution in [0.15, 0.2) is 54.7 Å². The number of amides is 1. The van der Waals surface area contributed by atoms with Crippen molar-refractivity contribution in [3.05, 3.63) is 65.9 Å². The van der Waals surface area contributed by atoms with Gasteiger partial charge in [-0.1, -0.05) is 35.5 Å². The molecule has 25 heavy (non-hydrogen) atoms. The SMILES string of the molecule is CCNC(=O)c1ccc(OCc2ccccc2)c(-c2cn(C)nn2)c1. The van der Waals surface area contributed by atoms with E-state index < -0.39 is 0 Å². The van der Waals surface area contributed by atoms with E-state index in [1.807, 2.05) is 37.3 Å². The summed E-state index contributed by atoms with van der Waals surface area (Å²) in [6.07, 6.45) is 1.80. The van der Waals surface area contributed by atoms with Crippen LogP contribution in [0.1, 0.15) is 22.8 Å². The second kappa shape index (κ2) is 7.61. The number of aryl methyl sites for hydroxylation is 1. The van der Waals surface area contributed by atoms with E-state index in [1.165, 1.54) is 0 Å². The number of nitrogens with one attached hydrogen (secondary N) is 1. The van der Waals surface area contributed by atoms with Gasteiger partial charge in [0.25, 0.3) is 5.91 Å². The molecule has 1 heterocycles. The number of nitrogens with zero attached hydrogens (tertiary/aromatic N) is 3. The van der Waals surface area contributed by atoms with Gasteiger partial charge in [0.1, 0.15) is 18.1 Å². The van der Waals surface area contributed by atoms with Gasteiger partial charge in [0.15, 0.2) is 0 Å². The molecule has 1 aromatic heterocycles. The molecule has 0 atom stereocenters. The lowest BCUT2D eigenvalue weighted by Gasteiger charge is -2.12. The zero-order valence-corrected chi connectivity index (χ0v) is 14.3. The molecule has 0 bridgehead atoms. The highest BCUT2D eigenvalue weighted by Crippen LogP contribution is 2.30. The van der Waals surface area contributed by atoms with Crippen molar-refractivity contribution in [1.82, 2.24) is 20.3 Å². The summed E-state index contributed by atoms with van der Waals surface area (Å²) in [7, 11) is 1.80. The van der Waals surface area contributed by atoms with Crippen molar-refractivity contribution in [3.8, 4) is 17.0 Å². The molecule has 0 unspecified atom stereocenters. The highest BCUT2D eigenvalue weighted by atomic mass is 16.5. The van der Waals surface area contributed by atoms with Crippen LogP contribution in [0, 0.1) is 0 Å². The minimum Gasteiger partial charge on any atom is -0.488 e. The molecule has 0 saturated carbocycles. The second-order valence-electron chi connectivity index (χ2n) is 5.62. The monoisotopic (exact) mass is 336 g/mol. The fraction of sp³-hybridized carbons (Fsp3) is 0.211. The van der Waals surface area contributed by atoms with Crippen LogP contribution in [0.2, 0.25) is 0 Å². The van der Waals surface area contributed by atoms with Gasteiger partial charge in [0.05, 0.1) is 6.20 Å². The molecule has 0 aliphatic rings. The van der Waals surface area contributed by atoms with Crippen LogP contribution in [0.4, 0.5) is 0 Å². The first-order valence-electron chi connectivity index (χ1n) is 8.13. The number of aromatic nitrogens is 3. The molecular weight excluding hydrogens is 316 g/mol. The van der Waals surface area contributed by atoms with Gasteiger partial charge in [-0.15, -0.1) is 5.10 Å². The van der Waals surface area contributed by atoms with Gasteiger partial charge in [-0.25, -0.2) is 0 Å². The third-order valence-electron chi connectivity index (χ3n) is 3.69. The highest BCUT2D eigenvalue weighted by molar-refractivity contribution is 5.95. The van der Waals surface area contributed by atoms with Crippen molar-refractivity contribution in [2.24, 2.45) is 7.05 Å². The summed E-state index contributed by atoms with van der Waals surface area (Å²) < 4.78 is 7.59. The lowest BCUT2D eigenvalue weighted by Crippen LogP contribution is -2.22. The smallest absolute Gasteiger partial charge is 0.251 e. The maximum Gasteiger partial charge on any atom is 0.251 e. The summed E-state index contributed by atoms with van der Waals surface area (Å²) in [5.41, 5.74) is 3.04. The zero-order chi connectivity index (χ0) is 17.6. The van der Waals surface area contributed by atoms with Crippen LogP contribution >= 0.6 is 0 Å². The Kier molecular flexibility index (Phi) is 5.09. The zero-order valence-electron chi connectivity index (χ0n) is 14.3. The van der Waals surface area contributed by atoms with Crippen LogP contribution in [0.3, 0.4) is 0 Å². The first kappa shape index (κ1) is 16.7. The van der Waals surface area contributed by atoms with E-state index in [9.17, 15) is 4.79 Å². The van der Waals surface area contributed by atoms with Crippen LogP contribution < -0.4 is 10.1 Å². The van der Waals surface area contributed by atoms with Crippen LogP contribution in [-0.4, -0.2) is 27.4 Å². The van der Waals surface area contributed by atoms with Gasteiger partial charge in [-0.05, 0) is 30.7 Å². The van der Waals surface area contributed by atoms with E-state index in [1.54, 1.807) is 36.1 Å². The van der Waals surface area contributed by atoms with Crippen LogP contribution in [-0.2, 0) is 13.7 Å². The number of ether oxygens (including phenoxy) is 1. The average Bonchev–Trinajstić information content (AvgIpc) is 3.07. The highest BCUT2D eigenvalue weighted by Gasteiger charge is 2.14. The molecule has 0 radical (unpaired) electrons. The molecule has 0 aliphatic heterocycles. The van der Waals surface area contributed by atoms with Gasteiger partial charge in [-0.2, -0.15) is 0 Å². The first-order chi connectivity index (χ1) is 12.2. The lowest BCUT2D eigenvalue weighted by atomic mass is 10.1. The predicted octanol–water partition coefficient (Wildman–Crippen LogP) is 2.81. The summed E-state index contributed by atoms with van der Waals surface area (Å²) in [5.74, 6) is 0.541. The molecule has 1 N–H and O–H groups in total. The molecule has 0 aliphatic carbocycles. The standard InChI is InChI=1S/C19H20N4O2/c1-3-20-19(24)15-9-10-18(25-13-14-7-5-4-6-8-14)16(11-15)17-12-23(2)22-21-17/h4-12H,3,13H2,1-2H3,(H,20,24). The van der Waals surface area contributed by atoms with E-state index in [4.69, 9.17) is 4.74 Å². The van der Waals surface area contributed by atoms with Crippen molar-refractivity contribution >= 4 is 5.91 Å². The van der Waals surface area contributed by atoms with Crippen molar-refractivity contribution < 1.29 is 9.53 Å². The third-order valence-corrected chi connectivity index (χ3v) is 3.69. The van der Waals surface area contributed by atoms with Crippen LogP contribution in [0.5, 0.6) is 5.75 Å². The maximum absolute atomic E-state index is 12.1. The largest absolute Gasteiger partial charge is 0.488 e. The van der Waals surface area contributed by atoms with E-state index in [2.05, 4.69) is 15.6 Å². The molecule has 0 spiro atoms. The summed E-state index contributed by atoms with van der Waals surface area (Å²) in [5, 5.41) is 10.9. The molecule has 1 amide bonds. The van der Waals surface area contributed by atoms with Gasteiger partial charge in [0.2, 0.25) is 0 Å². The van der Waals surface area contributed by atoms with Crippen molar-refractivity contribution in [3.63, 3.8) is 0 Å². The molecule has 3 rings (SSSR count). The van der Waals surface area contributed by atoms with Crippen molar-refractivity contribution in [1.29, 1.82) is 0 Å². The Morgan fingerprint density at radius 1 is 1.20 bits per heavy atom.